The monoisotopic (exact) mass is 368 g/mol. The van der Waals surface area contributed by atoms with E-state index in [4.69, 9.17) is 14.7 Å². The summed E-state index contributed by atoms with van der Waals surface area (Å²) in [4.78, 5) is 27.4. The van der Waals surface area contributed by atoms with Gasteiger partial charge in [-0.2, -0.15) is 0 Å². The molecule has 0 aliphatic heterocycles. The minimum Gasteiger partial charge on any atom is -0.497 e. The molecule has 1 amide bonds. The predicted molar refractivity (Wildman–Crippen MR) is 102 cm³/mol. The summed E-state index contributed by atoms with van der Waals surface area (Å²) in [5.41, 5.74) is 3.48. The van der Waals surface area contributed by atoms with Crippen molar-refractivity contribution in [3.8, 4) is 11.5 Å². The molecule has 2 aromatic carbocycles. The molecule has 140 valence electrons. The maximum Gasteiger partial charge on any atom is 0.267 e. The van der Waals surface area contributed by atoms with Crippen LogP contribution in [0.25, 0.3) is 6.08 Å². The molecular weight excluding hydrogens is 348 g/mol. The summed E-state index contributed by atoms with van der Waals surface area (Å²) in [6.07, 6.45) is 4.29. The van der Waals surface area contributed by atoms with Crippen molar-refractivity contribution in [2.75, 3.05) is 20.8 Å². The van der Waals surface area contributed by atoms with Gasteiger partial charge in [-0.3, -0.25) is 19.8 Å². The fourth-order valence-electron chi connectivity index (χ4n) is 2.23. The molecule has 0 heterocycles. The number of hydroxylamine groups is 1. The number of carbonyl (C=O) groups is 2. The number of hydrogen-bond acceptors (Lipinski definition) is 6. The second kappa shape index (κ2) is 9.88. The van der Waals surface area contributed by atoms with Gasteiger partial charge in [-0.15, -0.1) is 0 Å². The maximum absolute atomic E-state index is 12.2. The summed E-state index contributed by atoms with van der Waals surface area (Å²) < 4.78 is 10.4. The first-order valence-corrected chi connectivity index (χ1v) is 8.04. The van der Waals surface area contributed by atoms with Gasteiger partial charge >= 0.3 is 0 Å². The number of nitrogens with one attached hydrogen (secondary N) is 1. The van der Waals surface area contributed by atoms with E-state index in [0.717, 1.165) is 11.1 Å². The molecule has 0 radical (unpaired) electrons. The second-order valence-corrected chi connectivity index (χ2v) is 5.43. The molecule has 0 atom stereocenters. The van der Waals surface area contributed by atoms with Crippen LogP contribution in [0.15, 0.2) is 53.5 Å². The summed E-state index contributed by atoms with van der Waals surface area (Å²) in [6.45, 7) is -0.00269. The molecule has 0 saturated carbocycles. The first-order valence-electron chi connectivity index (χ1n) is 8.04. The molecule has 0 spiro atoms. The van der Waals surface area contributed by atoms with Crippen LogP contribution in [0.4, 0.5) is 0 Å². The predicted octanol–water partition coefficient (Wildman–Crippen LogP) is 2.52. The minimum atomic E-state index is -0.626. The number of Topliss-reactive ketones (excluding diaryl/α,β-unsaturated/α-hetero) is 1. The van der Waals surface area contributed by atoms with E-state index in [1.54, 1.807) is 62.9 Å². The first kappa shape index (κ1) is 19.9. The topological polar surface area (TPSA) is 97.2 Å². The number of rotatable bonds is 8. The summed E-state index contributed by atoms with van der Waals surface area (Å²) >= 11 is 0. The van der Waals surface area contributed by atoms with Crippen LogP contribution < -0.4 is 15.0 Å². The van der Waals surface area contributed by atoms with E-state index in [1.165, 1.54) is 17.6 Å². The Bertz CT molecular complexity index is 857. The Hall–Kier alpha value is -3.45. The molecule has 0 aromatic heterocycles. The van der Waals surface area contributed by atoms with Gasteiger partial charge < -0.3 is 9.47 Å². The van der Waals surface area contributed by atoms with Crippen LogP contribution >= 0.6 is 0 Å². The summed E-state index contributed by atoms with van der Waals surface area (Å²) in [7, 11) is 3.13. The Kier molecular flexibility index (Phi) is 7.27. The SMILES string of the molecule is COc1ccc(C=NCC(=O)c2ccc(/C=C/C(=O)NO)cc2)c(OC)c1. The number of methoxy groups -OCH3 is 2. The van der Waals surface area contributed by atoms with Crippen LogP contribution in [0.1, 0.15) is 21.5 Å². The van der Waals surface area contributed by atoms with E-state index in [1.807, 2.05) is 0 Å². The van der Waals surface area contributed by atoms with Crippen molar-refractivity contribution in [3.63, 3.8) is 0 Å². The lowest BCUT2D eigenvalue weighted by atomic mass is 10.1. The van der Waals surface area contributed by atoms with Gasteiger partial charge in [-0.05, 0) is 23.8 Å². The molecule has 0 saturated heterocycles. The third-order valence-electron chi connectivity index (χ3n) is 3.68. The van der Waals surface area contributed by atoms with Crippen molar-refractivity contribution < 1.29 is 24.3 Å². The number of benzene rings is 2. The second-order valence-electron chi connectivity index (χ2n) is 5.43. The zero-order valence-electron chi connectivity index (χ0n) is 15.0. The third kappa shape index (κ3) is 5.79. The highest BCUT2D eigenvalue weighted by Crippen LogP contribution is 2.23. The van der Waals surface area contributed by atoms with E-state index in [-0.39, 0.29) is 12.3 Å². The number of aliphatic imine (C=N–C) groups is 1. The lowest BCUT2D eigenvalue weighted by molar-refractivity contribution is -0.124. The summed E-state index contributed by atoms with van der Waals surface area (Å²) in [5.74, 6) is 0.514. The Morgan fingerprint density at radius 2 is 1.85 bits per heavy atom. The fourth-order valence-corrected chi connectivity index (χ4v) is 2.23. The number of ketones is 1. The van der Waals surface area contributed by atoms with Crippen molar-refractivity contribution in [1.29, 1.82) is 0 Å². The molecule has 27 heavy (non-hydrogen) atoms. The molecule has 2 N–H and O–H groups in total. The molecular formula is C20H20N2O5. The van der Waals surface area contributed by atoms with Crippen LogP contribution in [-0.4, -0.2) is 43.9 Å². The molecule has 0 fully saturated rings. The average molecular weight is 368 g/mol. The van der Waals surface area contributed by atoms with E-state index >= 15 is 0 Å². The van der Waals surface area contributed by atoms with Crippen molar-refractivity contribution in [2.45, 2.75) is 0 Å². The Morgan fingerprint density at radius 1 is 1.11 bits per heavy atom. The number of ether oxygens (including phenoxy) is 2. The van der Waals surface area contributed by atoms with Gasteiger partial charge in [-0.1, -0.05) is 24.3 Å². The summed E-state index contributed by atoms with van der Waals surface area (Å²) in [5, 5.41) is 8.43. The first-order chi connectivity index (χ1) is 13.1. The van der Waals surface area contributed by atoms with Crippen LogP contribution in [0.5, 0.6) is 11.5 Å². The number of carbonyl (C=O) groups excluding carboxylic acids is 2. The average Bonchev–Trinajstić information content (AvgIpc) is 2.72. The third-order valence-corrected chi connectivity index (χ3v) is 3.68. The van der Waals surface area contributed by atoms with E-state index in [9.17, 15) is 9.59 Å². The van der Waals surface area contributed by atoms with Gasteiger partial charge in [-0.25, -0.2) is 5.48 Å². The number of hydrogen-bond donors (Lipinski definition) is 2. The van der Waals surface area contributed by atoms with Gasteiger partial charge in [0.15, 0.2) is 5.78 Å². The molecule has 0 unspecified atom stereocenters. The fraction of sp³-hybridized carbons (Fsp3) is 0.150. The highest BCUT2D eigenvalue weighted by Gasteiger charge is 2.06. The van der Waals surface area contributed by atoms with Gasteiger partial charge in [0.1, 0.15) is 18.0 Å². The van der Waals surface area contributed by atoms with Crippen LogP contribution in [0.2, 0.25) is 0 Å². The molecule has 7 heteroatoms. The zero-order valence-corrected chi connectivity index (χ0v) is 15.0. The van der Waals surface area contributed by atoms with Crippen LogP contribution in [0, 0.1) is 0 Å². The van der Waals surface area contributed by atoms with Crippen molar-refractivity contribution in [1.82, 2.24) is 5.48 Å². The molecule has 0 aliphatic rings. The Labute approximate surface area is 156 Å². The molecule has 0 aliphatic carbocycles. The molecule has 0 bridgehead atoms. The Balaban J connectivity index is 2.00. The van der Waals surface area contributed by atoms with E-state index in [2.05, 4.69) is 4.99 Å². The number of amides is 1. The van der Waals surface area contributed by atoms with E-state index in [0.29, 0.717) is 17.1 Å². The maximum atomic E-state index is 12.2. The normalized spacial score (nSPS) is 10.9. The summed E-state index contributed by atoms with van der Waals surface area (Å²) in [6, 6.07) is 12.0. The largest absolute Gasteiger partial charge is 0.497 e. The van der Waals surface area contributed by atoms with Gasteiger partial charge in [0, 0.05) is 29.5 Å². The highest BCUT2D eigenvalue weighted by atomic mass is 16.5. The molecule has 2 rings (SSSR count). The van der Waals surface area contributed by atoms with Crippen molar-refractivity contribution >= 4 is 24.0 Å². The minimum absolute atomic E-state index is 0.00269. The lowest BCUT2D eigenvalue weighted by Gasteiger charge is -2.06. The van der Waals surface area contributed by atoms with Gasteiger partial charge in [0.05, 0.1) is 14.2 Å². The highest BCUT2D eigenvalue weighted by molar-refractivity contribution is 5.99. The van der Waals surface area contributed by atoms with Gasteiger partial charge in [0.25, 0.3) is 5.91 Å². The standard InChI is InChI=1S/C20H20N2O5/c1-26-17-9-8-16(19(11-17)27-2)12-21-13-18(23)15-6-3-14(4-7-15)5-10-20(24)22-25/h3-12,25H,13H2,1-2H3,(H,22,24)/b10-5+,21-12?. The van der Waals surface area contributed by atoms with Crippen molar-refractivity contribution in [2.24, 2.45) is 4.99 Å². The van der Waals surface area contributed by atoms with Crippen molar-refractivity contribution in [3.05, 3.63) is 65.2 Å². The quantitative estimate of drug-likeness (QED) is 0.245. The lowest BCUT2D eigenvalue weighted by Crippen LogP contribution is -2.14. The van der Waals surface area contributed by atoms with Crippen LogP contribution in [-0.2, 0) is 4.79 Å². The molecule has 7 nitrogen and oxygen atoms in total. The van der Waals surface area contributed by atoms with Gasteiger partial charge in [0.2, 0.25) is 0 Å². The smallest absolute Gasteiger partial charge is 0.267 e. The Morgan fingerprint density at radius 3 is 2.48 bits per heavy atom. The molecule has 2 aromatic rings. The van der Waals surface area contributed by atoms with Crippen LogP contribution in [0.3, 0.4) is 0 Å². The number of nitrogens with zero attached hydrogens (tertiary/aromatic N) is 1. The van der Waals surface area contributed by atoms with E-state index < -0.39 is 5.91 Å². The zero-order chi connectivity index (χ0) is 19.6.